The lowest BCUT2D eigenvalue weighted by Crippen LogP contribution is -2.43. The second-order valence-corrected chi connectivity index (χ2v) is 5.18. The Kier molecular flexibility index (Phi) is 4.91. The van der Waals surface area contributed by atoms with E-state index in [0.717, 1.165) is 12.2 Å². The van der Waals surface area contributed by atoms with E-state index in [2.05, 4.69) is 25.7 Å². The van der Waals surface area contributed by atoms with Gasteiger partial charge in [-0.25, -0.2) is 0 Å². The van der Waals surface area contributed by atoms with Crippen LogP contribution in [0.15, 0.2) is 24.3 Å². The monoisotopic (exact) mass is 249 g/mol. The van der Waals surface area contributed by atoms with Crippen LogP contribution in [-0.4, -0.2) is 36.9 Å². The molecule has 0 bridgehead atoms. The summed E-state index contributed by atoms with van der Waals surface area (Å²) in [5.41, 5.74) is 0.738. The van der Waals surface area contributed by atoms with Crippen LogP contribution in [0.5, 0.6) is 5.75 Å². The number of hydrogen-bond donors (Lipinski definition) is 0. The van der Waals surface area contributed by atoms with Crippen LogP contribution in [0, 0.1) is 0 Å². The van der Waals surface area contributed by atoms with Crippen molar-refractivity contribution >= 4 is 5.78 Å². The van der Waals surface area contributed by atoms with Crippen LogP contribution in [0.1, 0.15) is 37.6 Å². The molecule has 100 valence electrons. The van der Waals surface area contributed by atoms with Crippen molar-refractivity contribution in [3.05, 3.63) is 29.8 Å². The largest absolute Gasteiger partial charge is 0.497 e. The summed E-state index contributed by atoms with van der Waals surface area (Å²) in [6.45, 7) is 6.85. The molecule has 0 saturated carbocycles. The molecule has 0 fully saturated rings. The lowest BCUT2D eigenvalue weighted by atomic mass is 9.99. The van der Waals surface area contributed by atoms with Gasteiger partial charge in [0.1, 0.15) is 5.75 Å². The van der Waals surface area contributed by atoms with Crippen LogP contribution in [-0.2, 0) is 0 Å². The van der Waals surface area contributed by atoms with Crippen LogP contribution in [0.4, 0.5) is 0 Å². The first-order chi connectivity index (χ1) is 8.40. The Hall–Kier alpha value is -1.35. The van der Waals surface area contributed by atoms with Crippen molar-refractivity contribution in [3.63, 3.8) is 0 Å². The van der Waals surface area contributed by atoms with E-state index in [0.29, 0.717) is 12.1 Å². The summed E-state index contributed by atoms with van der Waals surface area (Å²) in [6.07, 6.45) is 1.01. The Labute approximate surface area is 110 Å². The molecular weight excluding hydrogens is 226 g/mol. The minimum atomic E-state index is 0.0362. The number of Topliss-reactive ketones (excluding diaryl/α,β-unsaturated/α-hetero) is 1. The van der Waals surface area contributed by atoms with Gasteiger partial charge in [0, 0.05) is 11.1 Å². The van der Waals surface area contributed by atoms with Crippen molar-refractivity contribution in [1.82, 2.24) is 4.90 Å². The summed E-state index contributed by atoms with van der Waals surface area (Å²) in [4.78, 5) is 14.3. The predicted octanol–water partition coefficient (Wildman–Crippen LogP) is 3.00. The van der Waals surface area contributed by atoms with Crippen molar-refractivity contribution in [2.45, 2.75) is 32.7 Å². The number of ether oxygens (including phenoxy) is 1. The van der Waals surface area contributed by atoms with E-state index < -0.39 is 0 Å². The van der Waals surface area contributed by atoms with E-state index in [1.54, 1.807) is 13.2 Å². The summed E-state index contributed by atoms with van der Waals surface area (Å²) < 4.78 is 5.13. The van der Waals surface area contributed by atoms with E-state index in [1.807, 2.05) is 25.2 Å². The van der Waals surface area contributed by atoms with Gasteiger partial charge < -0.3 is 4.74 Å². The first-order valence-electron chi connectivity index (χ1n) is 6.29. The Morgan fingerprint density at radius 3 is 2.61 bits per heavy atom. The second-order valence-electron chi connectivity index (χ2n) is 5.18. The van der Waals surface area contributed by atoms with Crippen LogP contribution < -0.4 is 4.74 Å². The van der Waals surface area contributed by atoms with Crippen molar-refractivity contribution < 1.29 is 9.53 Å². The average molecular weight is 249 g/mol. The molecular formula is C15H23NO2. The number of likely N-dealkylation sites (N-methyl/N-ethyl adjacent to an activating group) is 1. The summed E-state index contributed by atoms with van der Waals surface area (Å²) in [5.74, 6) is 0.844. The number of rotatable bonds is 6. The zero-order chi connectivity index (χ0) is 13.8. The number of benzene rings is 1. The highest BCUT2D eigenvalue weighted by atomic mass is 16.5. The minimum absolute atomic E-state index is 0.0362. The van der Waals surface area contributed by atoms with Crippen molar-refractivity contribution in [3.8, 4) is 5.75 Å². The molecule has 1 rings (SSSR count). The molecule has 0 aromatic heterocycles. The molecule has 0 aliphatic carbocycles. The number of nitrogens with zero attached hydrogens (tertiary/aromatic N) is 1. The Bertz CT molecular complexity index is 413. The van der Waals surface area contributed by atoms with Gasteiger partial charge in [0.2, 0.25) is 0 Å². The van der Waals surface area contributed by atoms with Crippen LogP contribution >= 0.6 is 0 Å². The lowest BCUT2D eigenvalue weighted by molar-refractivity contribution is 0.0846. The van der Waals surface area contributed by atoms with Gasteiger partial charge in [0.05, 0.1) is 13.7 Å². The molecule has 0 amide bonds. The van der Waals surface area contributed by atoms with E-state index in [-0.39, 0.29) is 11.3 Å². The number of hydrogen-bond acceptors (Lipinski definition) is 3. The van der Waals surface area contributed by atoms with Gasteiger partial charge in [-0.2, -0.15) is 0 Å². The first-order valence-corrected chi connectivity index (χ1v) is 6.29. The number of carbonyl (C=O) groups excluding carboxylic acids is 1. The van der Waals surface area contributed by atoms with E-state index >= 15 is 0 Å². The van der Waals surface area contributed by atoms with E-state index in [4.69, 9.17) is 4.74 Å². The molecule has 1 aromatic carbocycles. The highest BCUT2D eigenvalue weighted by molar-refractivity contribution is 5.98. The predicted molar refractivity (Wildman–Crippen MR) is 74.3 cm³/mol. The number of ketones is 1. The average Bonchev–Trinajstić information content (AvgIpc) is 2.38. The van der Waals surface area contributed by atoms with Gasteiger partial charge in [-0.1, -0.05) is 19.1 Å². The first kappa shape index (κ1) is 14.7. The zero-order valence-corrected chi connectivity index (χ0v) is 12.0. The number of carbonyl (C=O) groups is 1. The SMILES string of the molecule is CCC(C)(C)N(C)CC(=O)c1cccc(OC)c1. The Balaban J connectivity index is 2.76. The summed E-state index contributed by atoms with van der Waals surface area (Å²) >= 11 is 0. The standard InChI is InChI=1S/C15H23NO2/c1-6-15(2,3)16(4)11-14(17)12-8-7-9-13(10-12)18-5/h7-10H,6,11H2,1-5H3. The molecule has 0 spiro atoms. The molecule has 0 unspecified atom stereocenters. The molecule has 0 N–H and O–H groups in total. The lowest BCUT2D eigenvalue weighted by Gasteiger charge is -2.34. The molecule has 0 heterocycles. The maximum Gasteiger partial charge on any atom is 0.176 e. The fourth-order valence-corrected chi connectivity index (χ4v) is 1.59. The van der Waals surface area contributed by atoms with Crippen LogP contribution in [0.2, 0.25) is 0 Å². The third-order valence-electron chi connectivity index (χ3n) is 3.67. The number of methoxy groups -OCH3 is 1. The molecule has 0 aliphatic heterocycles. The topological polar surface area (TPSA) is 29.5 Å². The fraction of sp³-hybridized carbons (Fsp3) is 0.533. The molecule has 1 aromatic rings. The van der Waals surface area contributed by atoms with Crippen molar-refractivity contribution in [1.29, 1.82) is 0 Å². The van der Waals surface area contributed by atoms with E-state index in [1.165, 1.54) is 0 Å². The quantitative estimate of drug-likeness (QED) is 0.726. The smallest absolute Gasteiger partial charge is 0.176 e. The Morgan fingerprint density at radius 2 is 2.06 bits per heavy atom. The highest BCUT2D eigenvalue weighted by Gasteiger charge is 2.23. The van der Waals surface area contributed by atoms with Gasteiger partial charge >= 0.3 is 0 Å². The molecule has 3 nitrogen and oxygen atoms in total. The van der Waals surface area contributed by atoms with Gasteiger partial charge in [0.25, 0.3) is 0 Å². The molecule has 0 saturated heterocycles. The minimum Gasteiger partial charge on any atom is -0.497 e. The highest BCUT2D eigenvalue weighted by Crippen LogP contribution is 2.18. The van der Waals surface area contributed by atoms with Crippen molar-refractivity contribution in [2.24, 2.45) is 0 Å². The van der Waals surface area contributed by atoms with Crippen LogP contribution in [0.3, 0.4) is 0 Å². The van der Waals surface area contributed by atoms with Crippen molar-refractivity contribution in [2.75, 3.05) is 20.7 Å². The van der Waals surface area contributed by atoms with Crippen LogP contribution in [0.25, 0.3) is 0 Å². The van der Waals surface area contributed by atoms with E-state index in [9.17, 15) is 4.79 Å². The molecule has 3 heteroatoms. The fourth-order valence-electron chi connectivity index (χ4n) is 1.59. The normalized spacial score (nSPS) is 11.7. The van der Waals surface area contributed by atoms with Gasteiger partial charge in [-0.15, -0.1) is 0 Å². The maximum atomic E-state index is 12.2. The summed E-state index contributed by atoms with van der Waals surface area (Å²) in [7, 11) is 3.59. The second kappa shape index (κ2) is 6.01. The van der Waals surface area contributed by atoms with Gasteiger partial charge in [0.15, 0.2) is 5.78 Å². The third kappa shape index (κ3) is 3.57. The summed E-state index contributed by atoms with van der Waals surface area (Å²) in [6, 6.07) is 7.31. The van der Waals surface area contributed by atoms with Gasteiger partial charge in [-0.3, -0.25) is 9.69 Å². The molecule has 0 atom stereocenters. The molecule has 18 heavy (non-hydrogen) atoms. The van der Waals surface area contributed by atoms with Gasteiger partial charge in [-0.05, 0) is 39.4 Å². The third-order valence-corrected chi connectivity index (χ3v) is 3.67. The zero-order valence-electron chi connectivity index (χ0n) is 12.0. The summed E-state index contributed by atoms with van der Waals surface area (Å²) in [5, 5.41) is 0. The molecule has 0 radical (unpaired) electrons. The molecule has 0 aliphatic rings. The Morgan fingerprint density at radius 1 is 1.39 bits per heavy atom. The maximum absolute atomic E-state index is 12.2.